The first-order chi connectivity index (χ1) is 9.09. The maximum absolute atomic E-state index is 11.7. The van der Waals surface area contributed by atoms with Gasteiger partial charge in [-0.1, -0.05) is 32.0 Å². The summed E-state index contributed by atoms with van der Waals surface area (Å²) in [4.78, 5) is 15.0. The van der Waals surface area contributed by atoms with Crippen molar-refractivity contribution in [2.45, 2.75) is 26.3 Å². The molecule has 0 fully saturated rings. The lowest BCUT2D eigenvalue weighted by Gasteiger charge is -2.15. The number of carbonyl (C=O) groups is 1. The van der Waals surface area contributed by atoms with Crippen LogP contribution in [0.1, 0.15) is 19.4 Å². The Kier molecular flexibility index (Phi) is 4.22. The van der Waals surface area contributed by atoms with Gasteiger partial charge in [0, 0.05) is 23.6 Å². The van der Waals surface area contributed by atoms with Crippen LogP contribution < -0.4 is 11.1 Å². The zero-order valence-corrected chi connectivity index (χ0v) is 11.4. The van der Waals surface area contributed by atoms with Crippen LogP contribution >= 0.6 is 0 Å². The molecule has 1 aromatic heterocycles. The normalized spacial score (nSPS) is 12.8. The Morgan fingerprint density at radius 1 is 1.37 bits per heavy atom. The summed E-state index contributed by atoms with van der Waals surface area (Å²) < 4.78 is 0. The molecule has 0 radical (unpaired) electrons. The number of rotatable bonds is 5. The van der Waals surface area contributed by atoms with E-state index >= 15 is 0 Å². The number of para-hydroxylation sites is 1. The molecule has 0 bridgehead atoms. The standard InChI is InChI=1S/C15H21N3O/c1-10(2)14(16)15(19)17-8-7-11-9-18-13-6-4-3-5-12(11)13/h3-6,9-10,14,18H,7-8,16H2,1-2H3,(H,17,19). The summed E-state index contributed by atoms with van der Waals surface area (Å²) in [6.45, 7) is 4.51. The topological polar surface area (TPSA) is 70.9 Å². The third kappa shape index (κ3) is 3.15. The zero-order chi connectivity index (χ0) is 13.8. The van der Waals surface area contributed by atoms with Crippen LogP contribution in [0.5, 0.6) is 0 Å². The maximum Gasteiger partial charge on any atom is 0.237 e. The average Bonchev–Trinajstić information content (AvgIpc) is 2.81. The van der Waals surface area contributed by atoms with Crippen LogP contribution in [0.4, 0.5) is 0 Å². The number of benzene rings is 1. The van der Waals surface area contributed by atoms with Gasteiger partial charge in [0.05, 0.1) is 6.04 Å². The molecule has 4 heteroatoms. The third-order valence-electron chi connectivity index (χ3n) is 3.39. The molecule has 0 spiro atoms. The first kappa shape index (κ1) is 13.6. The number of aromatic amines is 1. The van der Waals surface area contributed by atoms with E-state index in [2.05, 4.69) is 16.4 Å². The van der Waals surface area contributed by atoms with Crippen LogP contribution in [-0.4, -0.2) is 23.5 Å². The van der Waals surface area contributed by atoms with Gasteiger partial charge in [-0.2, -0.15) is 0 Å². The lowest BCUT2D eigenvalue weighted by atomic mass is 10.0. The first-order valence-corrected chi connectivity index (χ1v) is 6.68. The Hall–Kier alpha value is -1.81. The Bertz CT molecular complexity index is 559. The second-order valence-corrected chi connectivity index (χ2v) is 5.17. The van der Waals surface area contributed by atoms with Crippen LogP contribution in [0, 0.1) is 5.92 Å². The molecule has 19 heavy (non-hydrogen) atoms. The fraction of sp³-hybridized carbons (Fsp3) is 0.400. The molecule has 2 aromatic rings. The lowest BCUT2D eigenvalue weighted by Crippen LogP contribution is -2.44. The van der Waals surface area contributed by atoms with E-state index in [1.54, 1.807) is 0 Å². The number of H-pyrrole nitrogens is 1. The Labute approximate surface area is 113 Å². The van der Waals surface area contributed by atoms with Crippen LogP contribution in [-0.2, 0) is 11.2 Å². The van der Waals surface area contributed by atoms with Gasteiger partial charge in [0.2, 0.25) is 5.91 Å². The minimum atomic E-state index is -0.428. The van der Waals surface area contributed by atoms with E-state index < -0.39 is 6.04 Å². The molecule has 0 saturated heterocycles. The van der Waals surface area contributed by atoms with Crippen LogP contribution in [0.2, 0.25) is 0 Å². The SMILES string of the molecule is CC(C)C(N)C(=O)NCCc1c[nH]c2ccccc12. The Balaban J connectivity index is 1.91. The Morgan fingerprint density at radius 3 is 2.84 bits per heavy atom. The number of hydrogen-bond donors (Lipinski definition) is 3. The zero-order valence-electron chi connectivity index (χ0n) is 11.4. The van der Waals surface area contributed by atoms with E-state index in [9.17, 15) is 4.79 Å². The van der Waals surface area contributed by atoms with Gasteiger partial charge in [-0.25, -0.2) is 0 Å². The summed E-state index contributed by atoms with van der Waals surface area (Å²) >= 11 is 0. The number of amides is 1. The smallest absolute Gasteiger partial charge is 0.237 e. The summed E-state index contributed by atoms with van der Waals surface area (Å²) in [5.74, 6) is 0.0860. The third-order valence-corrected chi connectivity index (χ3v) is 3.39. The van der Waals surface area contributed by atoms with E-state index in [-0.39, 0.29) is 11.8 Å². The van der Waals surface area contributed by atoms with Gasteiger partial charge in [0.25, 0.3) is 0 Å². The monoisotopic (exact) mass is 259 g/mol. The van der Waals surface area contributed by atoms with Gasteiger partial charge in [0.1, 0.15) is 0 Å². The molecule has 1 aromatic carbocycles. The number of hydrogen-bond acceptors (Lipinski definition) is 2. The van der Waals surface area contributed by atoms with Crippen molar-refractivity contribution in [1.29, 1.82) is 0 Å². The van der Waals surface area contributed by atoms with Crippen molar-refractivity contribution in [3.05, 3.63) is 36.0 Å². The molecule has 1 heterocycles. The molecule has 0 aliphatic carbocycles. The molecule has 102 valence electrons. The molecule has 1 atom stereocenters. The fourth-order valence-electron chi connectivity index (χ4n) is 2.08. The highest BCUT2D eigenvalue weighted by Gasteiger charge is 2.16. The van der Waals surface area contributed by atoms with E-state index in [0.717, 1.165) is 11.9 Å². The van der Waals surface area contributed by atoms with Gasteiger partial charge < -0.3 is 16.0 Å². The van der Waals surface area contributed by atoms with E-state index in [0.29, 0.717) is 6.54 Å². The van der Waals surface area contributed by atoms with Gasteiger partial charge in [0.15, 0.2) is 0 Å². The molecule has 0 saturated carbocycles. The molecule has 4 nitrogen and oxygen atoms in total. The molecule has 0 aliphatic rings. The highest BCUT2D eigenvalue weighted by Crippen LogP contribution is 2.17. The van der Waals surface area contributed by atoms with Crippen molar-refractivity contribution in [1.82, 2.24) is 10.3 Å². The Morgan fingerprint density at radius 2 is 2.11 bits per heavy atom. The van der Waals surface area contributed by atoms with E-state index in [1.165, 1.54) is 10.9 Å². The van der Waals surface area contributed by atoms with Crippen LogP contribution in [0.25, 0.3) is 10.9 Å². The van der Waals surface area contributed by atoms with Gasteiger partial charge in [-0.15, -0.1) is 0 Å². The minimum Gasteiger partial charge on any atom is -0.361 e. The van der Waals surface area contributed by atoms with Crippen molar-refractivity contribution in [2.24, 2.45) is 11.7 Å². The summed E-state index contributed by atoms with van der Waals surface area (Å²) in [5.41, 5.74) is 8.14. The molecule has 1 amide bonds. The summed E-state index contributed by atoms with van der Waals surface area (Å²) in [6.07, 6.45) is 2.81. The van der Waals surface area contributed by atoms with Crippen molar-refractivity contribution < 1.29 is 4.79 Å². The maximum atomic E-state index is 11.7. The highest BCUT2D eigenvalue weighted by molar-refractivity contribution is 5.83. The summed E-state index contributed by atoms with van der Waals surface area (Å²) in [5, 5.41) is 4.10. The molecule has 0 aliphatic heterocycles. The number of nitrogens with two attached hydrogens (primary N) is 1. The minimum absolute atomic E-state index is 0.0742. The molecule has 4 N–H and O–H groups in total. The van der Waals surface area contributed by atoms with Crippen molar-refractivity contribution in [2.75, 3.05) is 6.54 Å². The lowest BCUT2D eigenvalue weighted by molar-refractivity contribution is -0.123. The highest BCUT2D eigenvalue weighted by atomic mass is 16.2. The molecular weight excluding hydrogens is 238 g/mol. The quantitative estimate of drug-likeness (QED) is 0.766. The molecule has 1 unspecified atom stereocenters. The predicted octanol–water partition coefficient (Wildman–Crippen LogP) is 1.81. The van der Waals surface area contributed by atoms with Crippen LogP contribution in [0.15, 0.2) is 30.5 Å². The van der Waals surface area contributed by atoms with E-state index in [4.69, 9.17) is 5.73 Å². The number of carbonyl (C=O) groups excluding carboxylic acids is 1. The van der Waals surface area contributed by atoms with Gasteiger partial charge in [-0.3, -0.25) is 4.79 Å². The average molecular weight is 259 g/mol. The van der Waals surface area contributed by atoms with Crippen molar-refractivity contribution >= 4 is 16.8 Å². The largest absolute Gasteiger partial charge is 0.361 e. The van der Waals surface area contributed by atoms with Gasteiger partial charge in [-0.05, 0) is 24.0 Å². The van der Waals surface area contributed by atoms with Crippen molar-refractivity contribution in [3.8, 4) is 0 Å². The fourth-order valence-corrected chi connectivity index (χ4v) is 2.08. The second-order valence-electron chi connectivity index (χ2n) is 5.17. The van der Waals surface area contributed by atoms with Crippen molar-refractivity contribution in [3.63, 3.8) is 0 Å². The molecule has 2 rings (SSSR count). The first-order valence-electron chi connectivity index (χ1n) is 6.68. The number of fused-ring (bicyclic) bond motifs is 1. The van der Waals surface area contributed by atoms with E-state index in [1.807, 2.05) is 38.2 Å². The van der Waals surface area contributed by atoms with Crippen LogP contribution in [0.3, 0.4) is 0 Å². The second kappa shape index (κ2) is 5.89. The number of nitrogens with one attached hydrogen (secondary N) is 2. The summed E-state index contributed by atoms with van der Waals surface area (Å²) in [7, 11) is 0. The molecular formula is C15H21N3O. The number of aromatic nitrogens is 1. The predicted molar refractivity (Wildman–Crippen MR) is 77.8 cm³/mol. The van der Waals surface area contributed by atoms with Gasteiger partial charge >= 0.3 is 0 Å². The summed E-state index contributed by atoms with van der Waals surface area (Å²) in [6, 6.07) is 7.73.